The average molecular weight is 400 g/mol. The molecular weight excluding hydrogens is 385 g/mol. The summed E-state index contributed by atoms with van der Waals surface area (Å²) in [5.74, 6) is -5.98. The van der Waals surface area contributed by atoms with Gasteiger partial charge < -0.3 is 9.84 Å². The molecule has 0 fully saturated rings. The molecule has 0 radical (unpaired) electrons. The lowest BCUT2D eigenvalue weighted by Gasteiger charge is -2.08. The highest BCUT2D eigenvalue weighted by atomic mass is 19.2. The normalized spacial score (nSPS) is 12.3. The van der Waals surface area contributed by atoms with E-state index in [2.05, 4.69) is 9.98 Å². The molecule has 5 nitrogen and oxygen atoms in total. The number of hydrogen-bond donors (Lipinski definition) is 1. The summed E-state index contributed by atoms with van der Waals surface area (Å²) in [6.07, 6.45) is 2.59. The highest BCUT2D eigenvalue weighted by molar-refractivity contribution is 6.15. The number of carbonyl (C=O) groups is 1. The van der Waals surface area contributed by atoms with Crippen LogP contribution in [0.4, 0.5) is 18.9 Å². The van der Waals surface area contributed by atoms with E-state index in [-0.39, 0.29) is 12.7 Å². The third-order valence-corrected chi connectivity index (χ3v) is 3.97. The van der Waals surface area contributed by atoms with E-state index in [4.69, 9.17) is 4.74 Å². The minimum atomic E-state index is -1.42. The minimum Gasteiger partial charge on any atom is -0.506 e. The van der Waals surface area contributed by atoms with Crippen LogP contribution in [0.1, 0.15) is 12.5 Å². The molecule has 0 spiro atoms. The summed E-state index contributed by atoms with van der Waals surface area (Å²) in [5.41, 5.74) is -0.133. The number of nitrogens with zero attached hydrogens (tertiary/aromatic N) is 2. The molecule has 0 amide bonds. The van der Waals surface area contributed by atoms with Gasteiger partial charge in [0.1, 0.15) is 17.1 Å². The molecule has 0 atom stereocenters. The largest absolute Gasteiger partial charge is 0.506 e. The molecule has 1 N–H and O–H groups in total. The SMILES string of the molecule is CCOC(=O)/C(C=Nc1cccc2ncccc12)=C(\O)c1cc(F)c(F)cc1F. The van der Waals surface area contributed by atoms with E-state index in [1.54, 1.807) is 36.5 Å². The van der Waals surface area contributed by atoms with Gasteiger partial charge in [-0.3, -0.25) is 9.98 Å². The third kappa shape index (κ3) is 4.26. The Labute approximate surface area is 163 Å². The molecule has 0 unspecified atom stereocenters. The Bertz CT molecular complexity index is 1140. The number of aliphatic imine (C=N–C) groups is 1. The van der Waals surface area contributed by atoms with Gasteiger partial charge in [0, 0.05) is 23.9 Å². The molecule has 1 aromatic heterocycles. The van der Waals surface area contributed by atoms with E-state index in [0.717, 1.165) is 6.21 Å². The number of hydrogen-bond acceptors (Lipinski definition) is 5. The van der Waals surface area contributed by atoms with E-state index in [1.165, 1.54) is 6.92 Å². The fourth-order valence-corrected chi connectivity index (χ4v) is 2.60. The van der Waals surface area contributed by atoms with Gasteiger partial charge in [-0.1, -0.05) is 6.07 Å². The van der Waals surface area contributed by atoms with Gasteiger partial charge in [-0.2, -0.15) is 0 Å². The van der Waals surface area contributed by atoms with E-state index in [0.29, 0.717) is 22.7 Å². The number of aliphatic hydroxyl groups excluding tert-OH is 1. The third-order valence-electron chi connectivity index (χ3n) is 3.97. The Balaban J connectivity index is 2.13. The zero-order chi connectivity index (χ0) is 21.0. The van der Waals surface area contributed by atoms with E-state index >= 15 is 0 Å². The van der Waals surface area contributed by atoms with Gasteiger partial charge in [-0.25, -0.2) is 18.0 Å². The summed E-state index contributed by atoms with van der Waals surface area (Å²) in [7, 11) is 0. The molecule has 0 bridgehead atoms. The molecule has 3 aromatic rings. The highest BCUT2D eigenvalue weighted by Crippen LogP contribution is 2.26. The van der Waals surface area contributed by atoms with Crippen LogP contribution in [0.5, 0.6) is 0 Å². The Morgan fingerprint density at radius 3 is 2.66 bits per heavy atom. The van der Waals surface area contributed by atoms with Crippen LogP contribution >= 0.6 is 0 Å². The van der Waals surface area contributed by atoms with Crippen molar-refractivity contribution in [3.63, 3.8) is 0 Å². The Kier molecular flexibility index (Phi) is 5.92. The summed E-state index contributed by atoms with van der Waals surface area (Å²) in [6, 6.07) is 9.31. The first-order valence-corrected chi connectivity index (χ1v) is 8.55. The molecule has 2 aromatic carbocycles. The zero-order valence-electron chi connectivity index (χ0n) is 15.2. The first-order valence-electron chi connectivity index (χ1n) is 8.55. The Hall–Kier alpha value is -3.68. The lowest BCUT2D eigenvalue weighted by Crippen LogP contribution is -2.12. The summed E-state index contributed by atoms with van der Waals surface area (Å²) in [6.45, 7) is 1.51. The van der Waals surface area contributed by atoms with Crippen molar-refractivity contribution in [1.82, 2.24) is 4.98 Å². The van der Waals surface area contributed by atoms with Crippen LogP contribution in [0.25, 0.3) is 16.7 Å². The predicted octanol–water partition coefficient (Wildman–Crippen LogP) is 4.89. The monoisotopic (exact) mass is 400 g/mol. The molecule has 0 saturated heterocycles. The van der Waals surface area contributed by atoms with Crippen molar-refractivity contribution in [1.29, 1.82) is 0 Å². The maximum absolute atomic E-state index is 14.1. The summed E-state index contributed by atoms with van der Waals surface area (Å²) >= 11 is 0. The van der Waals surface area contributed by atoms with Crippen LogP contribution in [-0.4, -0.2) is 28.9 Å². The summed E-state index contributed by atoms with van der Waals surface area (Å²) < 4.78 is 45.6. The van der Waals surface area contributed by atoms with Gasteiger partial charge >= 0.3 is 5.97 Å². The van der Waals surface area contributed by atoms with Crippen molar-refractivity contribution in [3.8, 4) is 0 Å². The number of halogens is 3. The van der Waals surface area contributed by atoms with Crippen molar-refractivity contribution < 1.29 is 27.8 Å². The average Bonchev–Trinajstić information content (AvgIpc) is 2.71. The predicted molar refractivity (Wildman–Crippen MR) is 102 cm³/mol. The standard InChI is InChI=1S/C21H15F3N2O3/c1-2-29-21(28)14(20(27)13-9-16(23)17(24)10-15(13)22)11-26-19-7-3-6-18-12(19)5-4-8-25-18/h3-11,27H,2H2,1H3/b20-14-,26-11?. The molecule has 0 aliphatic heterocycles. The number of pyridine rings is 1. The first-order chi connectivity index (χ1) is 13.9. The minimum absolute atomic E-state index is 0.0259. The molecule has 0 saturated carbocycles. The van der Waals surface area contributed by atoms with Crippen LogP contribution in [0.2, 0.25) is 0 Å². The number of aromatic nitrogens is 1. The van der Waals surface area contributed by atoms with Crippen LogP contribution in [0.15, 0.2) is 59.2 Å². The van der Waals surface area contributed by atoms with Gasteiger partial charge in [-0.05, 0) is 37.3 Å². The zero-order valence-corrected chi connectivity index (χ0v) is 15.2. The van der Waals surface area contributed by atoms with E-state index in [1.807, 2.05) is 0 Å². The number of carbonyl (C=O) groups excluding carboxylic acids is 1. The van der Waals surface area contributed by atoms with Crippen LogP contribution < -0.4 is 0 Å². The van der Waals surface area contributed by atoms with Crippen LogP contribution in [-0.2, 0) is 9.53 Å². The number of ether oxygens (including phenoxy) is 1. The maximum atomic E-state index is 14.1. The second kappa shape index (κ2) is 8.55. The summed E-state index contributed by atoms with van der Waals surface area (Å²) in [5, 5.41) is 11.1. The van der Waals surface area contributed by atoms with E-state index < -0.39 is 40.3 Å². The Morgan fingerprint density at radius 1 is 1.14 bits per heavy atom. The molecule has 29 heavy (non-hydrogen) atoms. The van der Waals surface area contributed by atoms with Gasteiger partial charge in [0.05, 0.1) is 23.4 Å². The molecule has 0 aliphatic carbocycles. The molecule has 148 valence electrons. The molecule has 3 rings (SSSR count). The van der Waals surface area contributed by atoms with Crippen LogP contribution in [0, 0.1) is 17.5 Å². The van der Waals surface area contributed by atoms with Crippen molar-refractivity contribution in [3.05, 3.63) is 77.2 Å². The highest BCUT2D eigenvalue weighted by Gasteiger charge is 2.21. The van der Waals surface area contributed by atoms with Crippen molar-refractivity contribution in [2.45, 2.75) is 6.92 Å². The second-order valence-corrected chi connectivity index (χ2v) is 5.83. The van der Waals surface area contributed by atoms with Gasteiger partial charge in [0.2, 0.25) is 0 Å². The lowest BCUT2D eigenvalue weighted by molar-refractivity contribution is -0.137. The number of esters is 1. The van der Waals surface area contributed by atoms with Gasteiger partial charge in [0.15, 0.2) is 11.6 Å². The Morgan fingerprint density at radius 2 is 1.90 bits per heavy atom. The lowest BCUT2D eigenvalue weighted by atomic mass is 10.1. The topological polar surface area (TPSA) is 71.8 Å². The number of benzene rings is 2. The fourth-order valence-electron chi connectivity index (χ4n) is 2.60. The number of aliphatic hydroxyl groups is 1. The fraction of sp³-hybridized carbons (Fsp3) is 0.0952. The molecular formula is C21H15F3N2O3. The molecule has 8 heteroatoms. The quantitative estimate of drug-likeness (QED) is 0.218. The van der Waals surface area contributed by atoms with Gasteiger partial charge in [0.25, 0.3) is 0 Å². The smallest absolute Gasteiger partial charge is 0.343 e. The second-order valence-electron chi connectivity index (χ2n) is 5.83. The van der Waals surface area contributed by atoms with Crippen molar-refractivity contribution >= 4 is 34.5 Å². The van der Waals surface area contributed by atoms with Crippen molar-refractivity contribution in [2.24, 2.45) is 4.99 Å². The van der Waals surface area contributed by atoms with E-state index in [9.17, 15) is 23.1 Å². The van der Waals surface area contributed by atoms with Crippen LogP contribution in [0.3, 0.4) is 0 Å². The number of fused-ring (bicyclic) bond motifs is 1. The molecule has 1 heterocycles. The summed E-state index contributed by atoms with van der Waals surface area (Å²) in [4.78, 5) is 20.6. The first kappa shape index (κ1) is 20.1. The van der Waals surface area contributed by atoms with Crippen molar-refractivity contribution in [2.75, 3.05) is 6.61 Å². The number of rotatable bonds is 5. The van der Waals surface area contributed by atoms with Gasteiger partial charge in [-0.15, -0.1) is 0 Å². The maximum Gasteiger partial charge on any atom is 0.343 e. The molecule has 0 aliphatic rings.